The Morgan fingerprint density at radius 1 is 1.04 bits per heavy atom. The van der Waals surface area contributed by atoms with Gasteiger partial charge in [0.05, 0.1) is 11.1 Å². The highest BCUT2D eigenvalue weighted by molar-refractivity contribution is 5.91. The Bertz CT molecular complexity index is 1050. The number of benzene rings is 2. The van der Waals surface area contributed by atoms with Gasteiger partial charge >= 0.3 is 0 Å². The minimum atomic E-state index is -0.286. The molecule has 4 rings (SSSR count). The van der Waals surface area contributed by atoms with Crippen molar-refractivity contribution in [2.24, 2.45) is 0 Å². The van der Waals surface area contributed by atoms with Crippen LogP contribution in [0.1, 0.15) is 5.56 Å². The van der Waals surface area contributed by atoms with Gasteiger partial charge in [-0.2, -0.15) is 10.2 Å². The van der Waals surface area contributed by atoms with Crippen molar-refractivity contribution >= 4 is 10.9 Å². The van der Waals surface area contributed by atoms with E-state index in [0.29, 0.717) is 5.52 Å². The van der Waals surface area contributed by atoms with Crippen molar-refractivity contribution in [3.05, 3.63) is 76.7 Å². The van der Waals surface area contributed by atoms with Gasteiger partial charge in [-0.1, -0.05) is 42.5 Å². The molecule has 0 amide bonds. The Labute approximate surface area is 132 Å². The van der Waals surface area contributed by atoms with Crippen molar-refractivity contribution in [1.29, 1.82) is 0 Å². The predicted molar refractivity (Wildman–Crippen MR) is 89.7 cm³/mol. The molecule has 0 unspecified atom stereocenters. The quantitative estimate of drug-likeness (QED) is 0.619. The molecule has 0 aliphatic carbocycles. The van der Waals surface area contributed by atoms with E-state index < -0.39 is 0 Å². The molecule has 0 radical (unpaired) electrons. The van der Waals surface area contributed by atoms with Crippen LogP contribution < -0.4 is 5.56 Å². The largest absolute Gasteiger partial charge is 0.292 e. The molecule has 112 valence electrons. The molecular weight excluding hydrogens is 288 g/mol. The smallest absolute Gasteiger partial charge is 0.265 e. The maximum Gasteiger partial charge on any atom is 0.292 e. The molecule has 23 heavy (non-hydrogen) atoms. The zero-order chi connectivity index (χ0) is 15.8. The van der Waals surface area contributed by atoms with Crippen LogP contribution in [0.4, 0.5) is 0 Å². The number of nitrogens with zero attached hydrogens (tertiary/aromatic N) is 3. The Kier molecular flexibility index (Phi) is 3.05. The summed E-state index contributed by atoms with van der Waals surface area (Å²) in [5.74, 6) is 0. The number of fused-ring (bicyclic) bond motifs is 1. The summed E-state index contributed by atoms with van der Waals surface area (Å²) in [6.07, 6.45) is 1.86. The number of aromatic nitrogens is 4. The maximum atomic E-state index is 12.1. The van der Waals surface area contributed by atoms with Crippen LogP contribution in [0.3, 0.4) is 0 Å². The van der Waals surface area contributed by atoms with Crippen molar-refractivity contribution < 1.29 is 0 Å². The van der Waals surface area contributed by atoms with E-state index in [1.165, 1.54) is 0 Å². The van der Waals surface area contributed by atoms with E-state index >= 15 is 0 Å². The van der Waals surface area contributed by atoms with Crippen LogP contribution in [-0.2, 0) is 0 Å². The monoisotopic (exact) mass is 302 g/mol. The van der Waals surface area contributed by atoms with Crippen molar-refractivity contribution in [3.8, 4) is 16.9 Å². The molecule has 2 aromatic heterocycles. The second-order valence-electron chi connectivity index (χ2n) is 5.44. The van der Waals surface area contributed by atoms with Crippen molar-refractivity contribution in [1.82, 2.24) is 20.0 Å². The van der Waals surface area contributed by atoms with Gasteiger partial charge in [-0.15, -0.1) is 0 Å². The molecular formula is C18H14N4O. The Morgan fingerprint density at radius 3 is 2.65 bits per heavy atom. The van der Waals surface area contributed by atoms with E-state index in [1.54, 1.807) is 4.68 Å². The van der Waals surface area contributed by atoms with Gasteiger partial charge in [-0.3, -0.25) is 4.79 Å². The zero-order valence-corrected chi connectivity index (χ0v) is 12.5. The van der Waals surface area contributed by atoms with E-state index in [1.807, 2.05) is 67.7 Å². The molecule has 2 aromatic carbocycles. The summed E-state index contributed by atoms with van der Waals surface area (Å²) >= 11 is 0. The summed E-state index contributed by atoms with van der Waals surface area (Å²) in [6.45, 7) is 2.02. The number of hydrogen-bond donors (Lipinski definition) is 1. The molecule has 0 fully saturated rings. The first-order valence-corrected chi connectivity index (χ1v) is 7.33. The van der Waals surface area contributed by atoms with Crippen LogP contribution in [0.5, 0.6) is 0 Å². The number of aryl methyl sites for hydroxylation is 1. The van der Waals surface area contributed by atoms with Gasteiger partial charge in [-0.25, -0.2) is 9.78 Å². The lowest BCUT2D eigenvalue weighted by atomic mass is 10.1. The van der Waals surface area contributed by atoms with Crippen molar-refractivity contribution in [2.45, 2.75) is 6.92 Å². The number of H-pyrrole nitrogens is 1. The van der Waals surface area contributed by atoms with Gasteiger partial charge in [0.2, 0.25) is 0 Å². The fraction of sp³-hybridized carbons (Fsp3) is 0.0556. The number of rotatable bonds is 2. The Hall–Kier alpha value is -3.21. The van der Waals surface area contributed by atoms with Crippen LogP contribution in [0.15, 0.2) is 65.6 Å². The molecule has 0 aliphatic heterocycles. The SMILES string of the molecule is Cc1cccc(-n2cc3c(-c4ccccc4)n[nH]c(=O)c3n2)c1. The third kappa shape index (κ3) is 2.32. The third-order valence-corrected chi connectivity index (χ3v) is 3.77. The highest BCUT2D eigenvalue weighted by Crippen LogP contribution is 2.24. The molecule has 2 heterocycles. The van der Waals surface area contributed by atoms with Crippen molar-refractivity contribution in [2.75, 3.05) is 0 Å². The van der Waals surface area contributed by atoms with Gasteiger partial charge < -0.3 is 0 Å². The molecule has 5 heteroatoms. The van der Waals surface area contributed by atoms with Gasteiger partial charge in [-0.05, 0) is 24.6 Å². The van der Waals surface area contributed by atoms with E-state index in [4.69, 9.17) is 0 Å². The lowest BCUT2D eigenvalue weighted by molar-refractivity contribution is 0.890. The van der Waals surface area contributed by atoms with E-state index in [-0.39, 0.29) is 5.56 Å². The highest BCUT2D eigenvalue weighted by atomic mass is 16.1. The molecule has 5 nitrogen and oxygen atoms in total. The van der Waals surface area contributed by atoms with Crippen LogP contribution in [0.25, 0.3) is 27.8 Å². The van der Waals surface area contributed by atoms with Gasteiger partial charge in [0.1, 0.15) is 5.69 Å². The molecule has 0 saturated heterocycles. The minimum absolute atomic E-state index is 0.286. The van der Waals surface area contributed by atoms with E-state index in [9.17, 15) is 4.79 Å². The molecule has 1 N–H and O–H groups in total. The van der Waals surface area contributed by atoms with Crippen molar-refractivity contribution in [3.63, 3.8) is 0 Å². The minimum Gasteiger partial charge on any atom is -0.265 e. The molecule has 0 bridgehead atoms. The standard InChI is InChI=1S/C18H14N4O/c1-12-6-5-9-14(10-12)22-11-15-16(13-7-3-2-4-8-13)19-20-18(23)17(15)21-22/h2-11H,1H3,(H,20,23). The predicted octanol–water partition coefficient (Wildman–Crippen LogP) is 3.08. The summed E-state index contributed by atoms with van der Waals surface area (Å²) in [5, 5.41) is 11.9. The molecule has 0 saturated carbocycles. The fourth-order valence-electron chi connectivity index (χ4n) is 2.65. The number of aromatic amines is 1. The summed E-state index contributed by atoms with van der Waals surface area (Å²) < 4.78 is 1.72. The summed E-state index contributed by atoms with van der Waals surface area (Å²) in [5.41, 5.74) is 3.82. The average molecular weight is 302 g/mol. The lowest BCUT2D eigenvalue weighted by Gasteiger charge is -2.01. The first kappa shape index (κ1) is 13.5. The van der Waals surface area contributed by atoms with Crippen LogP contribution in [0, 0.1) is 6.92 Å². The molecule has 4 aromatic rings. The second-order valence-corrected chi connectivity index (χ2v) is 5.44. The Balaban J connectivity index is 1.98. The fourth-order valence-corrected chi connectivity index (χ4v) is 2.65. The summed E-state index contributed by atoms with van der Waals surface area (Å²) in [6, 6.07) is 17.7. The normalized spacial score (nSPS) is 11.0. The van der Waals surface area contributed by atoms with Gasteiger partial charge in [0.15, 0.2) is 5.52 Å². The average Bonchev–Trinajstić information content (AvgIpc) is 3.02. The summed E-state index contributed by atoms with van der Waals surface area (Å²) in [4.78, 5) is 12.1. The van der Waals surface area contributed by atoms with E-state index in [2.05, 4.69) is 15.3 Å². The molecule has 0 atom stereocenters. The number of nitrogens with one attached hydrogen (secondary N) is 1. The Morgan fingerprint density at radius 2 is 1.87 bits per heavy atom. The second kappa shape index (κ2) is 5.21. The first-order valence-electron chi connectivity index (χ1n) is 7.33. The zero-order valence-electron chi connectivity index (χ0n) is 12.5. The van der Waals surface area contributed by atoms with Gasteiger partial charge in [0.25, 0.3) is 5.56 Å². The number of hydrogen-bond acceptors (Lipinski definition) is 3. The third-order valence-electron chi connectivity index (χ3n) is 3.77. The van der Waals surface area contributed by atoms with Gasteiger partial charge in [0, 0.05) is 11.8 Å². The highest BCUT2D eigenvalue weighted by Gasteiger charge is 2.13. The maximum absolute atomic E-state index is 12.1. The van der Waals surface area contributed by atoms with E-state index in [0.717, 1.165) is 27.9 Å². The van der Waals surface area contributed by atoms with Crippen LogP contribution >= 0.6 is 0 Å². The molecule has 0 aliphatic rings. The first-order chi connectivity index (χ1) is 11.2. The molecule has 0 spiro atoms. The topological polar surface area (TPSA) is 63.6 Å². The summed E-state index contributed by atoms with van der Waals surface area (Å²) in [7, 11) is 0. The van der Waals surface area contributed by atoms with Crippen LogP contribution in [-0.4, -0.2) is 20.0 Å². The van der Waals surface area contributed by atoms with Crippen LogP contribution in [0.2, 0.25) is 0 Å². The lowest BCUT2D eigenvalue weighted by Crippen LogP contribution is -2.09.